The highest BCUT2D eigenvalue weighted by Gasteiger charge is 2.23. The summed E-state index contributed by atoms with van der Waals surface area (Å²) in [6.07, 6.45) is 0. The van der Waals surface area contributed by atoms with Gasteiger partial charge in [-0.2, -0.15) is 0 Å². The Labute approximate surface area is 102 Å². The van der Waals surface area contributed by atoms with E-state index in [9.17, 15) is 9.59 Å². The summed E-state index contributed by atoms with van der Waals surface area (Å²) in [5.74, 6) is -0.195. The van der Waals surface area contributed by atoms with Crippen molar-refractivity contribution in [1.29, 1.82) is 0 Å². The van der Waals surface area contributed by atoms with Crippen molar-refractivity contribution in [3.63, 3.8) is 0 Å². The van der Waals surface area contributed by atoms with Crippen LogP contribution in [0.25, 0.3) is 0 Å². The highest BCUT2D eigenvalue weighted by molar-refractivity contribution is 5.88. The average Bonchev–Trinajstić information content (AvgIpc) is 2.36. The molecule has 1 atom stereocenters. The fourth-order valence-corrected chi connectivity index (χ4v) is 1.65. The van der Waals surface area contributed by atoms with Crippen LogP contribution in [0.3, 0.4) is 0 Å². The first-order valence-corrected chi connectivity index (χ1v) is 6.01. The van der Waals surface area contributed by atoms with Crippen LogP contribution in [0, 0.1) is 0 Å². The molecule has 98 valence electrons. The van der Waals surface area contributed by atoms with Crippen molar-refractivity contribution >= 4 is 11.8 Å². The van der Waals surface area contributed by atoms with Gasteiger partial charge in [0.1, 0.15) is 6.04 Å². The topological polar surface area (TPSA) is 70.7 Å². The highest BCUT2D eigenvalue weighted by atomic mass is 16.5. The molecular formula is C11H21N3O3. The summed E-state index contributed by atoms with van der Waals surface area (Å²) in [4.78, 5) is 25.1. The lowest BCUT2D eigenvalue weighted by Crippen LogP contribution is -2.51. The molecule has 1 aliphatic rings. The molecule has 2 amide bonds. The van der Waals surface area contributed by atoms with E-state index < -0.39 is 6.04 Å². The summed E-state index contributed by atoms with van der Waals surface area (Å²) in [6.45, 7) is 6.97. The fraction of sp³-hybridized carbons (Fsp3) is 0.818. The predicted octanol–water partition coefficient (Wildman–Crippen LogP) is -1.04. The second-order valence-electron chi connectivity index (χ2n) is 4.01. The van der Waals surface area contributed by atoms with Crippen LogP contribution in [0.2, 0.25) is 0 Å². The number of likely N-dealkylation sites (N-methyl/N-ethyl adjacent to an activating group) is 1. The third-order valence-electron chi connectivity index (χ3n) is 2.61. The molecule has 0 aromatic heterocycles. The summed E-state index contributed by atoms with van der Waals surface area (Å²) >= 11 is 0. The van der Waals surface area contributed by atoms with Crippen LogP contribution in [0.1, 0.15) is 13.8 Å². The monoisotopic (exact) mass is 243 g/mol. The fourth-order valence-electron chi connectivity index (χ4n) is 1.65. The zero-order chi connectivity index (χ0) is 12.7. The largest absolute Gasteiger partial charge is 0.378 e. The number of carbonyl (C=O) groups excluding carboxylic acids is 2. The van der Waals surface area contributed by atoms with Gasteiger partial charge >= 0.3 is 0 Å². The van der Waals surface area contributed by atoms with E-state index in [-0.39, 0.29) is 18.4 Å². The molecule has 0 aromatic carbocycles. The van der Waals surface area contributed by atoms with E-state index in [1.165, 1.54) is 0 Å². The third-order valence-corrected chi connectivity index (χ3v) is 2.61. The molecule has 0 saturated carbocycles. The zero-order valence-electron chi connectivity index (χ0n) is 10.5. The molecule has 0 aromatic rings. The molecule has 1 rings (SSSR count). The summed E-state index contributed by atoms with van der Waals surface area (Å²) < 4.78 is 5.17. The van der Waals surface area contributed by atoms with Crippen molar-refractivity contribution in [2.24, 2.45) is 0 Å². The number of rotatable bonds is 5. The number of hydrogen-bond acceptors (Lipinski definition) is 4. The van der Waals surface area contributed by atoms with Crippen LogP contribution in [0.5, 0.6) is 0 Å². The predicted molar refractivity (Wildman–Crippen MR) is 63.5 cm³/mol. The number of hydrogen-bond donors (Lipinski definition) is 2. The van der Waals surface area contributed by atoms with Gasteiger partial charge in [-0.1, -0.05) is 6.92 Å². The van der Waals surface area contributed by atoms with Gasteiger partial charge < -0.3 is 20.3 Å². The minimum absolute atomic E-state index is 0.0434. The number of amides is 2. The Morgan fingerprint density at radius 3 is 2.59 bits per heavy atom. The molecule has 0 bridgehead atoms. The van der Waals surface area contributed by atoms with E-state index >= 15 is 0 Å². The normalized spacial score (nSPS) is 17.6. The van der Waals surface area contributed by atoms with Crippen LogP contribution in [0.15, 0.2) is 0 Å². The van der Waals surface area contributed by atoms with Gasteiger partial charge in [0.15, 0.2) is 0 Å². The van der Waals surface area contributed by atoms with Crippen LogP contribution in [-0.4, -0.2) is 62.1 Å². The molecule has 1 aliphatic heterocycles. The van der Waals surface area contributed by atoms with Crippen molar-refractivity contribution < 1.29 is 14.3 Å². The van der Waals surface area contributed by atoms with E-state index in [0.717, 1.165) is 6.54 Å². The van der Waals surface area contributed by atoms with Crippen LogP contribution < -0.4 is 10.6 Å². The Morgan fingerprint density at radius 1 is 1.35 bits per heavy atom. The minimum atomic E-state index is -0.473. The summed E-state index contributed by atoms with van der Waals surface area (Å²) in [7, 11) is 0. The van der Waals surface area contributed by atoms with Crippen molar-refractivity contribution in [3.05, 3.63) is 0 Å². The summed E-state index contributed by atoms with van der Waals surface area (Å²) in [5.41, 5.74) is 0. The van der Waals surface area contributed by atoms with Crippen LogP contribution >= 0.6 is 0 Å². The molecule has 6 nitrogen and oxygen atoms in total. The molecule has 0 spiro atoms. The van der Waals surface area contributed by atoms with Gasteiger partial charge in [0.05, 0.1) is 19.8 Å². The van der Waals surface area contributed by atoms with Crippen molar-refractivity contribution in [1.82, 2.24) is 15.5 Å². The van der Waals surface area contributed by atoms with Crippen molar-refractivity contribution in [2.45, 2.75) is 19.9 Å². The first kappa shape index (κ1) is 13.9. The highest BCUT2D eigenvalue weighted by Crippen LogP contribution is 2.00. The second-order valence-corrected chi connectivity index (χ2v) is 4.01. The maximum atomic E-state index is 11.9. The first-order valence-electron chi connectivity index (χ1n) is 6.01. The van der Waals surface area contributed by atoms with E-state index in [2.05, 4.69) is 10.6 Å². The SMILES string of the molecule is CCNCC(=O)NC(C)C(=O)N1CCOCC1. The Bertz CT molecular complexity index is 265. The summed E-state index contributed by atoms with van der Waals surface area (Å²) in [5, 5.41) is 5.59. The number of carbonyl (C=O) groups is 2. The molecule has 6 heteroatoms. The van der Waals surface area contributed by atoms with Gasteiger partial charge in [-0.25, -0.2) is 0 Å². The van der Waals surface area contributed by atoms with Gasteiger partial charge in [0.25, 0.3) is 0 Å². The molecule has 1 fully saturated rings. The van der Waals surface area contributed by atoms with Gasteiger partial charge in [0.2, 0.25) is 11.8 Å². The van der Waals surface area contributed by atoms with Gasteiger partial charge in [-0.05, 0) is 13.5 Å². The van der Waals surface area contributed by atoms with Gasteiger partial charge in [-0.3, -0.25) is 9.59 Å². The molecular weight excluding hydrogens is 222 g/mol. The molecule has 1 heterocycles. The van der Waals surface area contributed by atoms with E-state index in [1.807, 2.05) is 6.92 Å². The molecule has 0 aliphatic carbocycles. The Hall–Kier alpha value is -1.14. The smallest absolute Gasteiger partial charge is 0.245 e. The van der Waals surface area contributed by atoms with Crippen LogP contribution in [-0.2, 0) is 14.3 Å². The lowest BCUT2D eigenvalue weighted by atomic mass is 10.2. The lowest BCUT2D eigenvalue weighted by molar-refractivity contribution is -0.139. The number of morpholine rings is 1. The molecule has 1 unspecified atom stereocenters. The third kappa shape index (κ3) is 4.70. The van der Waals surface area contributed by atoms with Crippen molar-refractivity contribution in [3.8, 4) is 0 Å². The van der Waals surface area contributed by atoms with Crippen molar-refractivity contribution in [2.75, 3.05) is 39.4 Å². The Balaban J connectivity index is 2.32. The Morgan fingerprint density at radius 2 is 2.00 bits per heavy atom. The maximum absolute atomic E-state index is 11.9. The average molecular weight is 243 g/mol. The number of ether oxygens (including phenoxy) is 1. The lowest BCUT2D eigenvalue weighted by Gasteiger charge is -2.29. The first-order chi connectivity index (χ1) is 8.15. The number of nitrogens with zero attached hydrogens (tertiary/aromatic N) is 1. The quantitative estimate of drug-likeness (QED) is 0.647. The zero-order valence-corrected chi connectivity index (χ0v) is 10.5. The standard InChI is InChI=1S/C11H21N3O3/c1-3-12-8-10(15)13-9(2)11(16)14-4-6-17-7-5-14/h9,12H,3-8H2,1-2H3,(H,13,15). The Kier molecular flexibility index (Phi) is 5.93. The van der Waals surface area contributed by atoms with E-state index in [0.29, 0.717) is 26.3 Å². The molecule has 0 radical (unpaired) electrons. The molecule has 17 heavy (non-hydrogen) atoms. The maximum Gasteiger partial charge on any atom is 0.245 e. The van der Waals surface area contributed by atoms with Gasteiger partial charge in [-0.15, -0.1) is 0 Å². The summed E-state index contributed by atoms with van der Waals surface area (Å²) in [6, 6.07) is -0.473. The molecule has 1 saturated heterocycles. The molecule has 2 N–H and O–H groups in total. The van der Waals surface area contributed by atoms with E-state index in [1.54, 1.807) is 11.8 Å². The van der Waals surface area contributed by atoms with Crippen LogP contribution in [0.4, 0.5) is 0 Å². The van der Waals surface area contributed by atoms with E-state index in [4.69, 9.17) is 4.74 Å². The number of nitrogens with one attached hydrogen (secondary N) is 2. The van der Waals surface area contributed by atoms with Gasteiger partial charge in [0, 0.05) is 13.1 Å². The minimum Gasteiger partial charge on any atom is -0.378 e. The second kappa shape index (κ2) is 7.24.